The third-order valence-electron chi connectivity index (χ3n) is 3.79. The SMILES string of the molecule is CC(Nc1ccc(-c2ccoc2C(=O)O)cc1)c1cccc(Cl)c1. The predicted octanol–water partition coefficient (Wildman–Crippen LogP) is 5.47. The van der Waals surface area contributed by atoms with E-state index in [9.17, 15) is 4.79 Å². The van der Waals surface area contributed by atoms with Crippen molar-refractivity contribution in [2.75, 3.05) is 5.32 Å². The van der Waals surface area contributed by atoms with Crippen LogP contribution in [0.4, 0.5) is 5.69 Å². The Morgan fingerprint density at radius 1 is 1.17 bits per heavy atom. The van der Waals surface area contributed by atoms with E-state index >= 15 is 0 Å². The first-order valence-electron chi connectivity index (χ1n) is 7.48. The molecule has 0 saturated heterocycles. The fraction of sp³-hybridized carbons (Fsp3) is 0.105. The average Bonchev–Trinajstić information content (AvgIpc) is 3.05. The van der Waals surface area contributed by atoms with E-state index < -0.39 is 5.97 Å². The molecule has 0 aliphatic rings. The fourth-order valence-electron chi connectivity index (χ4n) is 2.56. The van der Waals surface area contributed by atoms with Crippen molar-refractivity contribution in [3.05, 3.63) is 77.2 Å². The van der Waals surface area contributed by atoms with E-state index in [2.05, 4.69) is 12.2 Å². The topological polar surface area (TPSA) is 62.5 Å². The van der Waals surface area contributed by atoms with Gasteiger partial charge in [-0.05, 0) is 48.4 Å². The number of halogens is 1. The highest BCUT2D eigenvalue weighted by Gasteiger charge is 2.15. The Kier molecular flexibility index (Phi) is 4.58. The summed E-state index contributed by atoms with van der Waals surface area (Å²) in [6.07, 6.45) is 1.38. The Balaban J connectivity index is 1.77. The molecule has 1 aromatic heterocycles. The number of nitrogens with one attached hydrogen (secondary N) is 1. The smallest absolute Gasteiger partial charge is 0.372 e. The number of hydrogen-bond acceptors (Lipinski definition) is 3. The second kappa shape index (κ2) is 6.81. The number of carboxylic acids is 1. The molecule has 0 fully saturated rings. The Hall–Kier alpha value is -2.72. The monoisotopic (exact) mass is 341 g/mol. The van der Waals surface area contributed by atoms with Gasteiger partial charge in [0, 0.05) is 22.3 Å². The Morgan fingerprint density at radius 3 is 2.58 bits per heavy atom. The molecule has 1 atom stereocenters. The minimum Gasteiger partial charge on any atom is -0.475 e. The molecule has 0 spiro atoms. The molecule has 24 heavy (non-hydrogen) atoms. The lowest BCUT2D eigenvalue weighted by atomic mass is 10.0. The summed E-state index contributed by atoms with van der Waals surface area (Å²) in [7, 11) is 0. The number of aromatic carboxylic acids is 1. The van der Waals surface area contributed by atoms with Crippen LogP contribution < -0.4 is 5.32 Å². The first kappa shape index (κ1) is 16.1. The summed E-state index contributed by atoms with van der Waals surface area (Å²) in [6, 6.07) is 17.0. The summed E-state index contributed by atoms with van der Waals surface area (Å²) in [5, 5.41) is 13.2. The highest BCUT2D eigenvalue weighted by Crippen LogP contribution is 2.28. The zero-order valence-corrected chi connectivity index (χ0v) is 13.7. The van der Waals surface area contributed by atoms with Gasteiger partial charge < -0.3 is 14.8 Å². The number of hydrogen-bond donors (Lipinski definition) is 2. The van der Waals surface area contributed by atoms with Gasteiger partial charge in [-0.1, -0.05) is 35.9 Å². The summed E-state index contributed by atoms with van der Waals surface area (Å²) < 4.78 is 5.02. The third-order valence-corrected chi connectivity index (χ3v) is 4.02. The predicted molar refractivity (Wildman–Crippen MR) is 94.6 cm³/mol. The summed E-state index contributed by atoms with van der Waals surface area (Å²) >= 11 is 6.03. The number of anilines is 1. The van der Waals surface area contributed by atoms with E-state index in [0.29, 0.717) is 10.6 Å². The Morgan fingerprint density at radius 2 is 1.92 bits per heavy atom. The van der Waals surface area contributed by atoms with Crippen LogP contribution in [0.25, 0.3) is 11.1 Å². The molecule has 3 aromatic rings. The zero-order valence-electron chi connectivity index (χ0n) is 13.0. The van der Waals surface area contributed by atoms with Gasteiger partial charge in [-0.25, -0.2) is 4.79 Å². The lowest BCUT2D eigenvalue weighted by molar-refractivity contribution is 0.0663. The quantitative estimate of drug-likeness (QED) is 0.645. The lowest BCUT2D eigenvalue weighted by Gasteiger charge is -2.16. The van der Waals surface area contributed by atoms with E-state index in [4.69, 9.17) is 21.1 Å². The zero-order chi connectivity index (χ0) is 17.1. The summed E-state index contributed by atoms with van der Waals surface area (Å²) in [6.45, 7) is 2.05. The lowest BCUT2D eigenvalue weighted by Crippen LogP contribution is -2.06. The van der Waals surface area contributed by atoms with Crippen LogP contribution >= 0.6 is 11.6 Å². The van der Waals surface area contributed by atoms with Crippen LogP contribution in [0.3, 0.4) is 0 Å². The molecule has 2 aromatic carbocycles. The number of furan rings is 1. The van der Waals surface area contributed by atoms with Crippen molar-refractivity contribution < 1.29 is 14.3 Å². The maximum absolute atomic E-state index is 11.1. The van der Waals surface area contributed by atoms with Crippen molar-refractivity contribution in [3.8, 4) is 11.1 Å². The molecule has 0 radical (unpaired) electrons. The number of benzene rings is 2. The van der Waals surface area contributed by atoms with Gasteiger partial charge in [-0.3, -0.25) is 0 Å². The van der Waals surface area contributed by atoms with Crippen LogP contribution in [0, 0.1) is 0 Å². The minimum atomic E-state index is -1.08. The van der Waals surface area contributed by atoms with Crippen LogP contribution in [0.2, 0.25) is 5.02 Å². The van der Waals surface area contributed by atoms with Crippen LogP contribution in [-0.4, -0.2) is 11.1 Å². The highest BCUT2D eigenvalue weighted by atomic mass is 35.5. The Labute approximate surface area is 144 Å². The average molecular weight is 342 g/mol. The van der Waals surface area contributed by atoms with Gasteiger partial charge in [0.25, 0.3) is 0 Å². The van der Waals surface area contributed by atoms with Crippen LogP contribution in [-0.2, 0) is 0 Å². The molecule has 1 unspecified atom stereocenters. The summed E-state index contributed by atoms with van der Waals surface area (Å²) in [4.78, 5) is 11.1. The third kappa shape index (κ3) is 3.44. The van der Waals surface area contributed by atoms with E-state index in [1.54, 1.807) is 6.07 Å². The van der Waals surface area contributed by atoms with Crippen LogP contribution in [0.5, 0.6) is 0 Å². The standard InChI is InChI=1S/C19H16ClNO3/c1-12(14-3-2-4-15(20)11-14)21-16-7-5-13(6-8-16)17-9-10-24-18(17)19(22)23/h2-12,21H,1H3,(H,22,23). The van der Waals surface area contributed by atoms with Crippen LogP contribution in [0.15, 0.2) is 65.3 Å². The maximum atomic E-state index is 11.1. The van der Waals surface area contributed by atoms with Gasteiger partial charge in [0.1, 0.15) is 0 Å². The van der Waals surface area contributed by atoms with Crippen molar-refractivity contribution in [2.24, 2.45) is 0 Å². The van der Waals surface area contributed by atoms with Gasteiger partial charge in [-0.2, -0.15) is 0 Å². The maximum Gasteiger partial charge on any atom is 0.372 e. The second-order valence-electron chi connectivity index (χ2n) is 5.47. The summed E-state index contributed by atoms with van der Waals surface area (Å²) in [5.74, 6) is -1.13. The van der Waals surface area contributed by atoms with Gasteiger partial charge in [0.15, 0.2) is 0 Å². The van der Waals surface area contributed by atoms with Crippen molar-refractivity contribution in [1.29, 1.82) is 0 Å². The molecule has 4 nitrogen and oxygen atoms in total. The van der Waals surface area contributed by atoms with Crippen molar-refractivity contribution in [3.63, 3.8) is 0 Å². The van der Waals surface area contributed by atoms with Crippen molar-refractivity contribution >= 4 is 23.3 Å². The van der Waals surface area contributed by atoms with E-state index in [1.165, 1.54) is 6.26 Å². The summed E-state index contributed by atoms with van der Waals surface area (Å²) in [5.41, 5.74) is 3.39. The van der Waals surface area contributed by atoms with E-state index in [-0.39, 0.29) is 11.8 Å². The van der Waals surface area contributed by atoms with Crippen molar-refractivity contribution in [2.45, 2.75) is 13.0 Å². The molecule has 0 saturated carbocycles. The van der Waals surface area contributed by atoms with E-state index in [0.717, 1.165) is 16.8 Å². The minimum absolute atomic E-state index is 0.0528. The number of carbonyl (C=O) groups is 1. The highest BCUT2D eigenvalue weighted by molar-refractivity contribution is 6.30. The Bertz CT molecular complexity index is 855. The molecule has 3 rings (SSSR count). The first-order chi connectivity index (χ1) is 11.5. The van der Waals surface area contributed by atoms with E-state index in [1.807, 2.05) is 48.5 Å². The molecule has 1 heterocycles. The normalized spacial score (nSPS) is 11.9. The molecular formula is C19H16ClNO3. The fourth-order valence-corrected chi connectivity index (χ4v) is 2.76. The molecule has 0 bridgehead atoms. The molecule has 0 aliphatic heterocycles. The molecule has 0 aliphatic carbocycles. The molecule has 0 amide bonds. The van der Waals surface area contributed by atoms with Gasteiger partial charge in [-0.15, -0.1) is 0 Å². The number of rotatable bonds is 5. The van der Waals surface area contributed by atoms with Crippen LogP contribution in [0.1, 0.15) is 29.1 Å². The first-order valence-corrected chi connectivity index (χ1v) is 7.85. The molecule has 5 heteroatoms. The molecule has 2 N–H and O–H groups in total. The van der Waals surface area contributed by atoms with Crippen molar-refractivity contribution in [1.82, 2.24) is 0 Å². The van der Waals surface area contributed by atoms with Gasteiger partial charge in [0.2, 0.25) is 5.76 Å². The van der Waals surface area contributed by atoms with Gasteiger partial charge >= 0.3 is 5.97 Å². The van der Waals surface area contributed by atoms with Gasteiger partial charge in [0.05, 0.1) is 6.26 Å². The molecular weight excluding hydrogens is 326 g/mol. The largest absolute Gasteiger partial charge is 0.475 e. The second-order valence-corrected chi connectivity index (χ2v) is 5.90. The molecule has 122 valence electrons. The number of carboxylic acid groups (broad SMARTS) is 1.